The highest BCUT2D eigenvalue weighted by Gasteiger charge is 2.42. The van der Waals surface area contributed by atoms with E-state index in [0.717, 1.165) is 34.0 Å². The monoisotopic (exact) mass is 499 g/mol. The molecule has 6 nitrogen and oxygen atoms in total. The maximum Gasteiger partial charge on any atom is 0.244 e. The molecule has 36 heavy (non-hydrogen) atoms. The van der Waals surface area contributed by atoms with Gasteiger partial charge in [0.25, 0.3) is 0 Å². The Hall–Kier alpha value is -4.04. The van der Waals surface area contributed by atoms with Crippen LogP contribution in [0.2, 0.25) is 0 Å². The second-order valence-electron chi connectivity index (χ2n) is 8.81. The van der Waals surface area contributed by atoms with E-state index in [0.29, 0.717) is 5.11 Å². The highest BCUT2D eigenvalue weighted by molar-refractivity contribution is 7.80. The first-order chi connectivity index (χ1) is 17.4. The number of aryl methyl sites for hydroxylation is 1. The summed E-state index contributed by atoms with van der Waals surface area (Å²) in [5.41, 5.74) is 5.19. The smallest absolute Gasteiger partial charge is 0.244 e. The summed E-state index contributed by atoms with van der Waals surface area (Å²) in [7, 11) is 0. The van der Waals surface area contributed by atoms with E-state index in [1.807, 2.05) is 77.9 Å². The molecular formula is C28H26FN5OS. The number of anilines is 1. The third kappa shape index (κ3) is 4.59. The number of nitrogens with one attached hydrogen (secondary N) is 2. The van der Waals surface area contributed by atoms with E-state index in [1.54, 1.807) is 12.3 Å². The van der Waals surface area contributed by atoms with Crippen LogP contribution in [0.4, 0.5) is 10.1 Å². The van der Waals surface area contributed by atoms with Crippen molar-refractivity contribution in [2.24, 2.45) is 0 Å². The zero-order valence-electron chi connectivity index (χ0n) is 20.0. The number of benzene rings is 2. The minimum absolute atomic E-state index is 0.0678. The van der Waals surface area contributed by atoms with Gasteiger partial charge in [-0.25, -0.2) is 4.39 Å². The number of para-hydroxylation sites is 1. The van der Waals surface area contributed by atoms with Gasteiger partial charge in [-0.2, -0.15) is 0 Å². The fraction of sp³-hybridized carbons (Fsp3) is 0.179. The molecule has 2 N–H and O–H groups in total. The number of thiocarbonyl (C=S) groups is 1. The Kier molecular flexibility index (Phi) is 6.52. The summed E-state index contributed by atoms with van der Waals surface area (Å²) in [6.45, 7) is 4.06. The predicted molar refractivity (Wildman–Crippen MR) is 142 cm³/mol. The van der Waals surface area contributed by atoms with Crippen molar-refractivity contribution in [1.82, 2.24) is 19.8 Å². The van der Waals surface area contributed by atoms with Gasteiger partial charge in [0.2, 0.25) is 5.91 Å². The van der Waals surface area contributed by atoms with Crippen LogP contribution < -0.4 is 10.6 Å². The van der Waals surface area contributed by atoms with Crippen molar-refractivity contribution in [3.8, 4) is 5.69 Å². The molecule has 0 bridgehead atoms. The molecule has 0 radical (unpaired) electrons. The Morgan fingerprint density at radius 3 is 2.56 bits per heavy atom. The number of amides is 1. The molecule has 0 aliphatic carbocycles. The standard InChI is InChI=1S/C28H26FN5OS/c1-18-15-23(19(2)34(18)22-12-8-9-20(29)16-22)27-26(24-13-6-7-14-30-24)32-28(36)33(27)17-25(35)31-21-10-4-3-5-11-21/h3-16,26-27H,17H2,1-2H3,(H,31,35)(H,32,36)/t26-,27+/m1/s1. The van der Waals surface area contributed by atoms with E-state index in [2.05, 4.69) is 21.7 Å². The summed E-state index contributed by atoms with van der Waals surface area (Å²) in [4.78, 5) is 19.5. The first-order valence-electron chi connectivity index (χ1n) is 11.7. The average molecular weight is 500 g/mol. The van der Waals surface area contributed by atoms with Gasteiger partial charge in [0.05, 0.1) is 17.8 Å². The van der Waals surface area contributed by atoms with E-state index in [4.69, 9.17) is 12.2 Å². The van der Waals surface area contributed by atoms with Crippen molar-refractivity contribution in [2.45, 2.75) is 25.9 Å². The molecule has 0 saturated carbocycles. The third-order valence-electron chi connectivity index (χ3n) is 6.42. The number of hydrogen-bond donors (Lipinski definition) is 2. The van der Waals surface area contributed by atoms with Crippen LogP contribution >= 0.6 is 12.2 Å². The molecule has 0 unspecified atom stereocenters. The molecule has 5 rings (SSSR count). The normalized spacial score (nSPS) is 17.2. The predicted octanol–water partition coefficient (Wildman–Crippen LogP) is 5.24. The molecular weight excluding hydrogens is 473 g/mol. The highest BCUT2D eigenvalue weighted by Crippen LogP contribution is 2.41. The van der Waals surface area contributed by atoms with Gasteiger partial charge in [0, 0.05) is 29.0 Å². The number of nitrogens with zero attached hydrogens (tertiary/aromatic N) is 3. The van der Waals surface area contributed by atoms with Crippen molar-refractivity contribution in [1.29, 1.82) is 0 Å². The Labute approximate surface area is 214 Å². The van der Waals surface area contributed by atoms with Crippen LogP contribution in [0, 0.1) is 19.7 Å². The Balaban J connectivity index is 1.54. The molecule has 1 aliphatic rings. The summed E-state index contributed by atoms with van der Waals surface area (Å²) < 4.78 is 16.1. The maximum atomic E-state index is 14.0. The molecule has 2 aromatic carbocycles. The van der Waals surface area contributed by atoms with Crippen LogP contribution in [0.5, 0.6) is 0 Å². The van der Waals surface area contributed by atoms with Gasteiger partial charge >= 0.3 is 0 Å². The number of aromatic nitrogens is 2. The quantitative estimate of drug-likeness (QED) is 0.355. The second kappa shape index (κ2) is 9.91. The molecule has 1 fully saturated rings. The fourth-order valence-electron chi connectivity index (χ4n) is 4.89. The SMILES string of the molecule is Cc1cc([C@H]2[C@@H](c3ccccn3)NC(=S)N2CC(=O)Nc2ccccc2)c(C)n1-c1cccc(F)c1. The molecule has 4 aromatic rings. The third-order valence-corrected chi connectivity index (χ3v) is 6.78. The first kappa shape index (κ1) is 23.7. The lowest BCUT2D eigenvalue weighted by Crippen LogP contribution is -2.37. The van der Waals surface area contributed by atoms with Gasteiger partial charge < -0.3 is 20.1 Å². The Morgan fingerprint density at radius 1 is 1.06 bits per heavy atom. The Bertz CT molecular complexity index is 1410. The topological polar surface area (TPSA) is 62.2 Å². The molecule has 8 heteroatoms. The van der Waals surface area contributed by atoms with Gasteiger partial charge in [-0.1, -0.05) is 30.3 Å². The van der Waals surface area contributed by atoms with Gasteiger partial charge in [-0.3, -0.25) is 9.78 Å². The van der Waals surface area contributed by atoms with E-state index in [1.165, 1.54) is 12.1 Å². The van der Waals surface area contributed by atoms with Gasteiger partial charge in [-0.05, 0) is 80.2 Å². The molecule has 1 saturated heterocycles. The summed E-state index contributed by atoms with van der Waals surface area (Å²) in [5.74, 6) is -0.466. The number of carbonyl (C=O) groups is 1. The van der Waals surface area contributed by atoms with Crippen molar-refractivity contribution in [3.63, 3.8) is 0 Å². The van der Waals surface area contributed by atoms with Crippen LogP contribution in [-0.4, -0.2) is 32.0 Å². The summed E-state index contributed by atoms with van der Waals surface area (Å²) in [6, 6.07) is 23.2. The molecule has 182 valence electrons. The maximum absolute atomic E-state index is 14.0. The van der Waals surface area contributed by atoms with Crippen LogP contribution in [0.1, 0.15) is 34.7 Å². The number of rotatable bonds is 6. The van der Waals surface area contributed by atoms with Crippen LogP contribution in [0.25, 0.3) is 5.69 Å². The molecule has 1 aliphatic heterocycles. The summed E-state index contributed by atoms with van der Waals surface area (Å²) >= 11 is 5.72. The molecule has 0 spiro atoms. The van der Waals surface area contributed by atoms with E-state index >= 15 is 0 Å². The molecule has 2 atom stereocenters. The minimum Gasteiger partial charge on any atom is -0.352 e. The fourth-order valence-corrected chi connectivity index (χ4v) is 5.20. The number of carbonyl (C=O) groups excluding carboxylic acids is 1. The molecule has 3 heterocycles. The lowest BCUT2D eigenvalue weighted by atomic mass is 9.96. The van der Waals surface area contributed by atoms with Gasteiger partial charge in [0.15, 0.2) is 5.11 Å². The van der Waals surface area contributed by atoms with Crippen molar-refractivity contribution >= 4 is 28.9 Å². The van der Waals surface area contributed by atoms with E-state index in [-0.39, 0.29) is 30.4 Å². The lowest BCUT2D eigenvalue weighted by Gasteiger charge is -2.27. The van der Waals surface area contributed by atoms with E-state index in [9.17, 15) is 9.18 Å². The van der Waals surface area contributed by atoms with Gasteiger partial charge in [0.1, 0.15) is 12.4 Å². The van der Waals surface area contributed by atoms with Crippen LogP contribution in [0.15, 0.2) is 85.1 Å². The lowest BCUT2D eigenvalue weighted by molar-refractivity contribution is -0.116. The van der Waals surface area contributed by atoms with Crippen LogP contribution in [0.3, 0.4) is 0 Å². The second-order valence-corrected chi connectivity index (χ2v) is 9.20. The van der Waals surface area contributed by atoms with Crippen molar-refractivity contribution in [2.75, 3.05) is 11.9 Å². The summed E-state index contributed by atoms with van der Waals surface area (Å²) in [6.07, 6.45) is 1.75. The number of hydrogen-bond acceptors (Lipinski definition) is 3. The van der Waals surface area contributed by atoms with Crippen LogP contribution in [-0.2, 0) is 4.79 Å². The zero-order chi connectivity index (χ0) is 25.2. The van der Waals surface area contributed by atoms with Gasteiger partial charge in [-0.15, -0.1) is 0 Å². The minimum atomic E-state index is -0.296. The summed E-state index contributed by atoms with van der Waals surface area (Å²) in [5, 5.41) is 6.82. The Morgan fingerprint density at radius 2 is 1.83 bits per heavy atom. The first-order valence-corrected chi connectivity index (χ1v) is 12.1. The highest BCUT2D eigenvalue weighted by atomic mass is 32.1. The largest absolute Gasteiger partial charge is 0.352 e. The molecule has 1 amide bonds. The van der Waals surface area contributed by atoms with E-state index < -0.39 is 0 Å². The van der Waals surface area contributed by atoms with Crippen molar-refractivity contribution in [3.05, 3.63) is 114 Å². The number of pyridine rings is 1. The average Bonchev–Trinajstić information content (AvgIpc) is 3.35. The number of halogens is 1. The zero-order valence-corrected chi connectivity index (χ0v) is 20.8. The molecule has 2 aromatic heterocycles. The van der Waals surface area contributed by atoms with Crippen molar-refractivity contribution < 1.29 is 9.18 Å².